The fourth-order valence-corrected chi connectivity index (χ4v) is 3.06. The Hall–Kier alpha value is -3.74. The van der Waals surface area contributed by atoms with Crippen molar-refractivity contribution in [2.45, 2.75) is 13.5 Å². The molecule has 0 bridgehead atoms. The van der Waals surface area contributed by atoms with Gasteiger partial charge in [0.15, 0.2) is 0 Å². The van der Waals surface area contributed by atoms with E-state index in [1.807, 2.05) is 60.7 Å². The molecule has 0 spiro atoms. The van der Waals surface area contributed by atoms with Gasteiger partial charge in [0, 0.05) is 19.3 Å². The monoisotopic (exact) mass is 405 g/mol. The molecule has 0 saturated heterocycles. The largest absolute Gasteiger partial charge is 0.469 e. The minimum absolute atomic E-state index is 0.0684. The first kappa shape index (κ1) is 21.0. The lowest BCUT2D eigenvalue weighted by Crippen LogP contribution is -2.40. The average molecular weight is 405 g/mol. The molecule has 0 saturated carbocycles. The fourth-order valence-electron chi connectivity index (χ4n) is 3.06. The number of ketones is 1. The van der Waals surface area contributed by atoms with Crippen LogP contribution in [-0.2, 0) is 20.9 Å². The molecular weight excluding hydrogens is 382 g/mol. The van der Waals surface area contributed by atoms with Crippen LogP contribution >= 0.6 is 0 Å². The van der Waals surface area contributed by atoms with Gasteiger partial charge < -0.3 is 9.64 Å². The van der Waals surface area contributed by atoms with Crippen LogP contribution in [0.2, 0.25) is 0 Å². The van der Waals surface area contributed by atoms with Gasteiger partial charge >= 0.3 is 5.97 Å². The van der Waals surface area contributed by atoms with Gasteiger partial charge in [-0.15, -0.1) is 0 Å². The van der Waals surface area contributed by atoms with E-state index in [4.69, 9.17) is 4.74 Å². The van der Waals surface area contributed by atoms with E-state index in [-0.39, 0.29) is 18.7 Å². The summed E-state index contributed by atoms with van der Waals surface area (Å²) in [5.41, 5.74) is 1.83. The van der Waals surface area contributed by atoms with E-state index in [0.29, 0.717) is 0 Å². The Balaban J connectivity index is 1.81. The van der Waals surface area contributed by atoms with Gasteiger partial charge in [-0.2, -0.15) is 5.10 Å². The van der Waals surface area contributed by atoms with Gasteiger partial charge in [0.05, 0.1) is 30.5 Å². The number of hydrogen-bond acceptors (Lipinski definition) is 5. The van der Waals surface area contributed by atoms with Crippen LogP contribution in [0, 0.1) is 5.92 Å². The zero-order valence-electron chi connectivity index (χ0n) is 16.9. The van der Waals surface area contributed by atoms with Gasteiger partial charge in [0.25, 0.3) is 11.7 Å². The van der Waals surface area contributed by atoms with Crippen molar-refractivity contribution in [2.75, 3.05) is 13.7 Å². The quantitative estimate of drug-likeness (QED) is 0.327. The van der Waals surface area contributed by atoms with E-state index in [1.165, 1.54) is 24.4 Å². The lowest BCUT2D eigenvalue weighted by Gasteiger charge is -2.24. The van der Waals surface area contributed by atoms with Crippen LogP contribution in [-0.4, -0.2) is 46.0 Å². The molecule has 7 nitrogen and oxygen atoms in total. The predicted molar refractivity (Wildman–Crippen MR) is 111 cm³/mol. The van der Waals surface area contributed by atoms with Crippen molar-refractivity contribution in [3.05, 3.63) is 84.2 Å². The summed E-state index contributed by atoms with van der Waals surface area (Å²) in [5.74, 6) is -2.37. The first-order valence-corrected chi connectivity index (χ1v) is 9.55. The van der Waals surface area contributed by atoms with E-state index < -0.39 is 23.6 Å². The third kappa shape index (κ3) is 5.00. The van der Waals surface area contributed by atoms with Crippen molar-refractivity contribution in [1.82, 2.24) is 14.7 Å². The van der Waals surface area contributed by atoms with Gasteiger partial charge in [-0.3, -0.25) is 14.4 Å². The van der Waals surface area contributed by atoms with Crippen molar-refractivity contribution in [1.29, 1.82) is 0 Å². The summed E-state index contributed by atoms with van der Waals surface area (Å²) in [6.07, 6.45) is 2.90. The van der Waals surface area contributed by atoms with Gasteiger partial charge in [-0.05, 0) is 17.7 Å². The molecular formula is C23H23N3O4. The summed E-state index contributed by atoms with van der Waals surface area (Å²) in [5, 5.41) is 4.19. The number of ether oxygens (including phenoxy) is 1. The number of para-hydroxylation sites is 1. The van der Waals surface area contributed by atoms with Crippen molar-refractivity contribution in [3.8, 4) is 5.69 Å². The van der Waals surface area contributed by atoms with Crippen molar-refractivity contribution >= 4 is 17.7 Å². The highest BCUT2D eigenvalue weighted by Gasteiger charge is 2.28. The van der Waals surface area contributed by atoms with Crippen LogP contribution in [0.15, 0.2) is 73.1 Å². The van der Waals surface area contributed by atoms with E-state index >= 15 is 0 Å². The summed E-state index contributed by atoms with van der Waals surface area (Å²) in [4.78, 5) is 39.1. The van der Waals surface area contributed by atoms with E-state index in [9.17, 15) is 14.4 Å². The van der Waals surface area contributed by atoms with Crippen LogP contribution < -0.4 is 0 Å². The summed E-state index contributed by atoms with van der Waals surface area (Å²) < 4.78 is 6.31. The first-order valence-electron chi connectivity index (χ1n) is 9.55. The first-order chi connectivity index (χ1) is 14.5. The number of esters is 1. The Morgan fingerprint density at radius 3 is 2.30 bits per heavy atom. The van der Waals surface area contributed by atoms with Gasteiger partial charge in [0.1, 0.15) is 0 Å². The summed E-state index contributed by atoms with van der Waals surface area (Å²) in [6.45, 7) is 1.94. The highest BCUT2D eigenvalue weighted by molar-refractivity contribution is 6.42. The highest BCUT2D eigenvalue weighted by atomic mass is 16.5. The molecule has 1 unspecified atom stereocenters. The molecule has 0 radical (unpaired) electrons. The maximum Gasteiger partial charge on any atom is 0.310 e. The molecule has 0 aliphatic carbocycles. The lowest BCUT2D eigenvalue weighted by molar-refractivity contribution is -0.146. The van der Waals surface area contributed by atoms with Crippen LogP contribution in [0.25, 0.3) is 5.69 Å². The van der Waals surface area contributed by atoms with Gasteiger partial charge in [-0.25, -0.2) is 4.68 Å². The number of hydrogen-bond donors (Lipinski definition) is 0. The Morgan fingerprint density at radius 2 is 1.67 bits per heavy atom. The van der Waals surface area contributed by atoms with Crippen LogP contribution in [0.5, 0.6) is 0 Å². The molecule has 1 amide bonds. The minimum Gasteiger partial charge on any atom is -0.469 e. The normalized spacial score (nSPS) is 11.5. The summed E-state index contributed by atoms with van der Waals surface area (Å²) >= 11 is 0. The number of carbonyl (C=O) groups excluding carboxylic acids is 3. The second-order valence-electron chi connectivity index (χ2n) is 6.93. The van der Waals surface area contributed by atoms with Gasteiger partial charge in [-0.1, -0.05) is 55.5 Å². The topological polar surface area (TPSA) is 81.5 Å². The summed E-state index contributed by atoms with van der Waals surface area (Å²) in [6, 6.07) is 18.6. The second kappa shape index (κ2) is 9.65. The Morgan fingerprint density at radius 1 is 1.03 bits per heavy atom. The Labute approximate surface area is 174 Å². The fraction of sp³-hybridized carbons (Fsp3) is 0.217. The molecule has 1 heterocycles. The third-order valence-electron chi connectivity index (χ3n) is 4.66. The lowest BCUT2D eigenvalue weighted by atomic mass is 10.1. The molecule has 7 heteroatoms. The Bertz CT molecular complexity index is 1020. The van der Waals surface area contributed by atoms with Crippen LogP contribution in [0.3, 0.4) is 0 Å². The molecule has 3 aromatic rings. The molecule has 0 aliphatic heterocycles. The maximum atomic E-state index is 13.0. The number of nitrogens with zero attached hydrogens (tertiary/aromatic N) is 3. The van der Waals surface area contributed by atoms with Crippen molar-refractivity contribution in [3.63, 3.8) is 0 Å². The molecule has 1 aromatic heterocycles. The highest BCUT2D eigenvalue weighted by Crippen LogP contribution is 2.13. The zero-order chi connectivity index (χ0) is 21.5. The van der Waals surface area contributed by atoms with Crippen LogP contribution in [0.1, 0.15) is 22.8 Å². The van der Waals surface area contributed by atoms with Crippen molar-refractivity contribution < 1.29 is 19.1 Å². The molecule has 2 aromatic carbocycles. The number of rotatable bonds is 8. The van der Waals surface area contributed by atoms with Gasteiger partial charge in [0.2, 0.25) is 0 Å². The molecule has 30 heavy (non-hydrogen) atoms. The standard InChI is InChI=1S/C23H23N3O4/c1-17(23(29)30-2)14-25(15-18-9-5-3-6-10-18)22(28)21(27)19-13-24-26(16-19)20-11-7-4-8-12-20/h3-13,16-17H,14-15H2,1-2H3. The predicted octanol–water partition coefficient (Wildman–Crippen LogP) is 2.89. The third-order valence-corrected chi connectivity index (χ3v) is 4.66. The molecule has 0 fully saturated rings. The van der Waals surface area contributed by atoms with E-state index in [1.54, 1.807) is 11.6 Å². The number of Topliss-reactive ketones (excluding diaryl/α,β-unsaturated/α-hetero) is 1. The number of aromatic nitrogens is 2. The Kier molecular flexibility index (Phi) is 6.75. The molecule has 154 valence electrons. The molecule has 1 atom stereocenters. The summed E-state index contributed by atoms with van der Waals surface area (Å²) in [7, 11) is 1.30. The number of amides is 1. The van der Waals surface area contributed by atoms with E-state index in [0.717, 1.165) is 11.3 Å². The van der Waals surface area contributed by atoms with Crippen LogP contribution in [0.4, 0.5) is 0 Å². The van der Waals surface area contributed by atoms with Crippen molar-refractivity contribution in [2.24, 2.45) is 5.92 Å². The average Bonchev–Trinajstić information content (AvgIpc) is 3.28. The zero-order valence-corrected chi connectivity index (χ0v) is 16.9. The maximum absolute atomic E-state index is 13.0. The minimum atomic E-state index is -0.692. The molecule has 0 aliphatic rings. The SMILES string of the molecule is COC(=O)C(C)CN(Cc1ccccc1)C(=O)C(=O)c1cnn(-c2ccccc2)c1. The second-order valence-corrected chi connectivity index (χ2v) is 6.93. The smallest absolute Gasteiger partial charge is 0.310 e. The molecule has 0 N–H and O–H groups in total. The molecule has 3 rings (SSSR count). The number of carbonyl (C=O) groups is 3. The number of methoxy groups -OCH3 is 1. The number of benzene rings is 2. The van der Waals surface area contributed by atoms with E-state index in [2.05, 4.69) is 5.10 Å².